The first-order chi connectivity index (χ1) is 18.0. The number of hydrogen-bond donors (Lipinski definition) is 1. The van der Waals surface area contributed by atoms with Gasteiger partial charge >= 0.3 is 0 Å². The van der Waals surface area contributed by atoms with E-state index in [4.69, 9.17) is 14.2 Å². The van der Waals surface area contributed by atoms with Crippen LogP contribution in [-0.2, 0) is 16.1 Å². The number of hydrogen-bond acceptors (Lipinski definition) is 6. The molecule has 0 radical (unpaired) electrons. The van der Waals surface area contributed by atoms with Crippen LogP contribution in [0.15, 0.2) is 60.7 Å². The molecule has 7 heteroatoms. The topological polar surface area (TPSA) is 63.3 Å². The Morgan fingerprint density at radius 3 is 2.35 bits per heavy atom. The van der Waals surface area contributed by atoms with Crippen LogP contribution in [0.1, 0.15) is 21.5 Å². The van der Waals surface area contributed by atoms with Crippen molar-refractivity contribution in [2.45, 2.75) is 13.5 Å². The summed E-state index contributed by atoms with van der Waals surface area (Å²) >= 11 is 0. The Morgan fingerprint density at radius 2 is 1.68 bits per heavy atom. The molecule has 4 rings (SSSR count). The van der Waals surface area contributed by atoms with Crippen LogP contribution in [0, 0.1) is 6.92 Å². The molecule has 0 atom stereocenters. The van der Waals surface area contributed by atoms with E-state index in [9.17, 15) is 4.79 Å². The summed E-state index contributed by atoms with van der Waals surface area (Å²) in [7, 11) is 5.48. The molecule has 1 amide bonds. The molecule has 196 valence electrons. The minimum absolute atomic E-state index is 0.138. The van der Waals surface area contributed by atoms with Gasteiger partial charge in [0.1, 0.15) is 5.75 Å². The maximum absolute atomic E-state index is 13.0. The fourth-order valence-corrected chi connectivity index (χ4v) is 4.54. The van der Waals surface area contributed by atoms with E-state index < -0.39 is 0 Å². The fraction of sp³-hybridized carbons (Fsp3) is 0.367. The Morgan fingerprint density at radius 1 is 0.919 bits per heavy atom. The zero-order valence-electron chi connectivity index (χ0n) is 22.3. The van der Waals surface area contributed by atoms with Gasteiger partial charge in [0.25, 0.3) is 5.91 Å². The van der Waals surface area contributed by atoms with E-state index in [0.717, 1.165) is 60.0 Å². The molecule has 0 bridgehead atoms. The highest BCUT2D eigenvalue weighted by atomic mass is 16.5. The lowest BCUT2D eigenvalue weighted by molar-refractivity contribution is 0.0616. The Bertz CT molecular complexity index is 1190. The van der Waals surface area contributed by atoms with E-state index in [1.165, 1.54) is 5.56 Å². The summed E-state index contributed by atoms with van der Waals surface area (Å²) in [5.41, 5.74) is 6.88. The van der Waals surface area contributed by atoms with Crippen molar-refractivity contribution in [2.24, 2.45) is 0 Å². The highest BCUT2D eigenvalue weighted by Gasteiger charge is 2.19. The number of anilines is 2. The molecule has 37 heavy (non-hydrogen) atoms. The van der Waals surface area contributed by atoms with Gasteiger partial charge in [0, 0.05) is 44.5 Å². The number of carbonyl (C=O) groups is 1. The summed E-state index contributed by atoms with van der Waals surface area (Å²) < 4.78 is 16.2. The Kier molecular flexibility index (Phi) is 9.17. The molecule has 0 spiro atoms. The van der Waals surface area contributed by atoms with Crippen molar-refractivity contribution < 1.29 is 19.0 Å². The van der Waals surface area contributed by atoms with Crippen LogP contribution in [0.25, 0.3) is 11.1 Å². The van der Waals surface area contributed by atoms with Gasteiger partial charge in [-0.15, -0.1) is 0 Å². The number of benzene rings is 3. The highest BCUT2D eigenvalue weighted by molar-refractivity contribution is 6.04. The minimum atomic E-state index is -0.138. The molecule has 7 nitrogen and oxygen atoms in total. The van der Waals surface area contributed by atoms with Gasteiger partial charge in [-0.2, -0.15) is 0 Å². The number of aryl methyl sites for hydroxylation is 1. The molecule has 1 N–H and O–H groups in total. The average Bonchev–Trinajstić information content (AvgIpc) is 2.92. The molecule has 0 aliphatic carbocycles. The maximum Gasteiger partial charge on any atom is 0.255 e. The SMILES string of the molecule is COCCOCc1ccc(-c2ccc(C(=O)Nc3ccc(OC)c(N4CCN(C)CC4)c3)cc2)c(C)c1. The predicted octanol–water partition coefficient (Wildman–Crippen LogP) is 4.84. The summed E-state index contributed by atoms with van der Waals surface area (Å²) in [5, 5.41) is 3.05. The number of amides is 1. The lowest BCUT2D eigenvalue weighted by Gasteiger charge is -2.34. The third kappa shape index (κ3) is 6.89. The van der Waals surface area contributed by atoms with Crippen LogP contribution in [0.4, 0.5) is 11.4 Å². The largest absolute Gasteiger partial charge is 0.495 e. The van der Waals surface area contributed by atoms with Crippen molar-refractivity contribution in [3.05, 3.63) is 77.4 Å². The van der Waals surface area contributed by atoms with E-state index in [0.29, 0.717) is 25.4 Å². The van der Waals surface area contributed by atoms with Crippen molar-refractivity contribution in [3.8, 4) is 16.9 Å². The van der Waals surface area contributed by atoms with Crippen molar-refractivity contribution in [1.82, 2.24) is 4.90 Å². The third-order valence-corrected chi connectivity index (χ3v) is 6.73. The van der Waals surface area contributed by atoms with Gasteiger partial charge in [-0.25, -0.2) is 0 Å². The lowest BCUT2D eigenvalue weighted by Crippen LogP contribution is -2.44. The first-order valence-corrected chi connectivity index (χ1v) is 12.7. The molecular weight excluding hydrogens is 466 g/mol. The first-order valence-electron chi connectivity index (χ1n) is 12.7. The molecule has 3 aromatic rings. The number of nitrogens with one attached hydrogen (secondary N) is 1. The smallest absolute Gasteiger partial charge is 0.255 e. The Balaban J connectivity index is 1.42. The quantitative estimate of drug-likeness (QED) is 0.400. The van der Waals surface area contributed by atoms with E-state index in [1.807, 2.05) is 42.5 Å². The standard InChI is InChI=1S/C30H37N3O4/c1-22-19-23(21-37-18-17-35-3)5-11-27(22)24-6-8-25(9-7-24)30(34)31-26-10-12-29(36-4)28(20-26)33-15-13-32(2)14-16-33/h5-12,19-20H,13-18,21H2,1-4H3,(H,31,34). The van der Waals surface area contributed by atoms with Gasteiger partial charge in [-0.05, 0) is 66.6 Å². The second-order valence-corrected chi connectivity index (χ2v) is 9.40. The first kappa shape index (κ1) is 26.7. The molecule has 3 aromatic carbocycles. The molecule has 1 aliphatic rings. The Labute approximate surface area is 219 Å². The zero-order valence-corrected chi connectivity index (χ0v) is 22.3. The fourth-order valence-electron chi connectivity index (χ4n) is 4.54. The van der Waals surface area contributed by atoms with Crippen LogP contribution < -0.4 is 15.0 Å². The zero-order chi connectivity index (χ0) is 26.2. The van der Waals surface area contributed by atoms with Crippen molar-refractivity contribution in [1.29, 1.82) is 0 Å². The van der Waals surface area contributed by atoms with Crippen LogP contribution in [0.3, 0.4) is 0 Å². The predicted molar refractivity (Wildman–Crippen MR) is 149 cm³/mol. The highest BCUT2D eigenvalue weighted by Crippen LogP contribution is 2.32. The van der Waals surface area contributed by atoms with E-state index in [-0.39, 0.29) is 5.91 Å². The van der Waals surface area contributed by atoms with E-state index in [1.54, 1.807) is 14.2 Å². The van der Waals surface area contributed by atoms with Gasteiger partial charge < -0.3 is 29.3 Å². The van der Waals surface area contributed by atoms with Crippen molar-refractivity contribution in [3.63, 3.8) is 0 Å². The van der Waals surface area contributed by atoms with E-state index in [2.05, 4.69) is 47.3 Å². The molecule has 0 aromatic heterocycles. The molecule has 1 heterocycles. The summed E-state index contributed by atoms with van der Waals surface area (Å²) in [5.74, 6) is 0.677. The number of nitrogens with zero attached hydrogens (tertiary/aromatic N) is 2. The molecule has 0 saturated carbocycles. The van der Waals surface area contributed by atoms with Gasteiger partial charge in [0.2, 0.25) is 0 Å². The average molecular weight is 504 g/mol. The molecule has 1 aliphatic heterocycles. The van der Waals surface area contributed by atoms with E-state index >= 15 is 0 Å². The number of methoxy groups -OCH3 is 2. The molecule has 1 fully saturated rings. The number of rotatable bonds is 10. The number of ether oxygens (including phenoxy) is 3. The van der Waals surface area contributed by atoms with Crippen LogP contribution in [0.2, 0.25) is 0 Å². The van der Waals surface area contributed by atoms with Crippen LogP contribution in [0.5, 0.6) is 5.75 Å². The van der Waals surface area contributed by atoms with Gasteiger partial charge in [0.05, 0.1) is 32.6 Å². The number of piperazine rings is 1. The van der Waals surface area contributed by atoms with Gasteiger partial charge in [-0.3, -0.25) is 4.79 Å². The number of likely N-dealkylation sites (N-methyl/N-ethyl adjacent to an activating group) is 1. The normalized spacial score (nSPS) is 14.0. The minimum Gasteiger partial charge on any atom is -0.495 e. The molecular formula is C30H37N3O4. The maximum atomic E-state index is 13.0. The van der Waals surface area contributed by atoms with Gasteiger partial charge in [-0.1, -0.05) is 30.3 Å². The summed E-state index contributed by atoms with van der Waals surface area (Å²) in [4.78, 5) is 17.6. The van der Waals surface area contributed by atoms with Crippen LogP contribution >= 0.6 is 0 Å². The summed E-state index contributed by atoms with van der Waals surface area (Å²) in [6, 6.07) is 19.9. The number of carbonyl (C=O) groups excluding carboxylic acids is 1. The van der Waals surface area contributed by atoms with Crippen molar-refractivity contribution in [2.75, 3.05) is 70.9 Å². The summed E-state index contributed by atoms with van der Waals surface area (Å²) in [6.07, 6.45) is 0. The lowest BCUT2D eigenvalue weighted by atomic mass is 9.97. The molecule has 1 saturated heterocycles. The van der Waals surface area contributed by atoms with Gasteiger partial charge in [0.15, 0.2) is 0 Å². The van der Waals surface area contributed by atoms with Crippen LogP contribution in [-0.4, -0.2) is 71.5 Å². The molecule has 0 unspecified atom stereocenters. The second kappa shape index (κ2) is 12.7. The Hall–Kier alpha value is -3.39. The summed E-state index contributed by atoms with van der Waals surface area (Å²) in [6.45, 7) is 7.66. The third-order valence-electron chi connectivity index (χ3n) is 6.73. The van der Waals surface area contributed by atoms with Crippen molar-refractivity contribution >= 4 is 17.3 Å². The second-order valence-electron chi connectivity index (χ2n) is 9.40. The monoisotopic (exact) mass is 503 g/mol.